The van der Waals surface area contributed by atoms with E-state index in [0.717, 1.165) is 67.8 Å². The Morgan fingerprint density at radius 3 is 1.10 bits per heavy atom. The number of hydrogen-bond donors (Lipinski definition) is 0. The maximum atomic E-state index is 5.17. The molecule has 8 rings (SSSR count). The zero-order valence-electron chi connectivity index (χ0n) is 27.3. The van der Waals surface area contributed by atoms with Crippen LogP contribution in [0, 0.1) is 0 Å². The van der Waals surface area contributed by atoms with Crippen LogP contribution in [0.3, 0.4) is 0 Å². The van der Waals surface area contributed by atoms with E-state index in [9.17, 15) is 0 Å². The highest BCUT2D eigenvalue weighted by atomic mass is 15.3. The average molecular weight is 635 g/mol. The highest BCUT2D eigenvalue weighted by Gasteiger charge is 2.28. The molecule has 0 aliphatic heterocycles. The van der Waals surface area contributed by atoms with Crippen LogP contribution in [0.15, 0.2) is 170 Å². The molecule has 6 nitrogen and oxygen atoms in total. The number of pyridine rings is 2. The summed E-state index contributed by atoms with van der Waals surface area (Å²) in [5.74, 6) is 1.49. The van der Waals surface area contributed by atoms with E-state index in [-0.39, 0.29) is 0 Å². The molecular weight excluding hydrogens is 601 g/mol. The van der Waals surface area contributed by atoms with Crippen molar-refractivity contribution >= 4 is 0 Å². The largest absolute Gasteiger partial charge is 0.233 e. The first-order valence-corrected chi connectivity index (χ1v) is 16.4. The van der Waals surface area contributed by atoms with Crippen molar-refractivity contribution in [2.75, 3.05) is 0 Å². The second-order valence-electron chi connectivity index (χ2n) is 12.5. The van der Waals surface area contributed by atoms with Gasteiger partial charge in [0.25, 0.3) is 0 Å². The Labute approximate surface area is 286 Å². The van der Waals surface area contributed by atoms with E-state index in [4.69, 9.17) is 20.2 Å². The minimum absolute atomic E-state index is 0.513. The van der Waals surface area contributed by atoms with Crippen molar-refractivity contribution in [1.29, 1.82) is 0 Å². The fourth-order valence-corrected chi connectivity index (χ4v) is 6.19. The zero-order valence-corrected chi connectivity index (χ0v) is 27.3. The second-order valence-corrected chi connectivity index (χ2v) is 12.5. The SMILES string of the molecule is CC(C)(c1cccc(-n2cc(-c3ccccc3)c(-c3ccccc3)n2)n1)c1cccc(-n2cc(-c3ccccc3)c(-c3ccccc3)n2)n1. The molecule has 0 fully saturated rings. The lowest BCUT2D eigenvalue weighted by Crippen LogP contribution is -2.23. The Kier molecular flexibility index (Phi) is 7.74. The maximum Gasteiger partial charge on any atom is 0.153 e. The minimum atomic E-state index is -0.513. The molecule has 0 aliphatic carbocycles. The van der Waals surface area contributed by atoms with Crippen LogP contribution in [0.25, 0.3) is 56.4 Å². The third-order valence-corrected chi connectivity index (χ3v) is 8.91. The van der Waals surface area contributed by atoms with E-state index in [0.29, 0.717) is 0 Å². The summed E-state index contributed by atoms with van der Waals surface area (Å²) in [5.41, 5.74) is 9.53. The van der Waals surface area contributed by atoms with Crippen molar-refractivity contribution in [2.24, 2.45) is 0 Å². The summed E-state index contributed by atoms with van der Waals surface area (Å²) in [7, 11) is 0. The lowest BCUT2D eigenvalue weighted by atomic mass is 9.84. The molecule has 0 saturated heterocycles. The van der Waals surface area contributed by atoms with Gasteiger partial charge in [-0.2, -0.15) is 10.2 Å². The third kappa shape index (κ3) is 5.85. The van der Waals surface area contributed by atoms with Gasteiger partial charge in [0.15, 0.2) is 11.6 Å². The number of hydrogen-bond acceptors (Lipinski definition) is 4. The van der Waals surface area contributed by atoms with Gasteiger partial charge < -0.3 is 0 Å². The van der Waals surface area contributed by atoms with E-state index in [2.05, 4.69) is 111 Å². The molecule has 0 spiro atoms. The molecule has 0 radical (unpaired) electrons. The monoisotopic (exact) mass is 634 g/mol. The molecule has 0 atom stereocenters. The maximum absolute atomic E-state index is 5.17. The summed E-state index contributed by atoms with van der Waals surface area (Å²) in [6.07, 6.45) is 4.14. The van der Waals surface area contributed by atoms with Crippen molar-refractivity contribution in [3.8, 4) is 56.4 Å². The van der Waals surface area contributed by atoms with Crippen molar-refractivity contribution < 1.29 is 0 Å². The summed E-state index contributed by atoms with van der Waals surface area (Å²) in [4.78, 5) is 10.3. The molecule has 4 heterocycles. The van der Waals surface area contributed by atoms with Crippen molar-refractivity contribution in [1.82, 2.24) is 29.5 Å². The normalized spacial score (nSPS) is 11.5. The van der Waals surface area contributed by atoms with Gasteiger partial charge in [0.05, 0.1) is 11.4 Å². The average Bonchev–Trinajstić information content (AvgIpc) is 3.83. The predicted molar refractivity (Wildman–Crippen MR) is 197 cm³/mol. The van der Waals surface area contributed by atoms with Crippen molar-refractivity contribution in [2.45, 2.75) is 19.3 Å². The molecular formula is C43H34N6. The molecule has 0 aliphatic rings. The van der Waals surface area contributed by atoms with Gasteiger partial charge in [0.2, 0.25) is 0 Å². The van der Waals surface area contributed by atoms with Crippen LogP contribution in [0.1, 0.15) is 25.2 Å². The summed E-state index contributed by atoms with van der Waals surface area (Å²) in [6.45, 7) is 4.32. The summed E-state index contributed by atoms with van der Waals surface area (Å²) < 4.78 is 3.77. The van der Waals surface area contributed by atoms with Crippen molar-refractivity contribution in [3.05, 3.63) is 182 Å². The van der Waals surface area contributed by atoms with Gasteiger partial charge in [0.1, 0.15) is 11.4 Å². The lowest BCUT2D eigenvalue weighted by Gasteiger charge is -2.24. The fourth-order valence-electron chi connectivity index (χ4n) is 6.19. The van der Waals surface area contributed by atoms with Crippen molar-refractivity contribution in [3.63, 3.8) is 0 Å². The Hall–Kier alpha value is -6.40. The molecule has 0 bridgehead atoms. The standard InChI is InChI=1S/C43H34N6/c1-43(2,37-25-15-27-39(44-37)48-29-35(31-17-7-3-8-18-31)41(46-48)33-21-11-5-12-22-33)38-26-16-28-40(45-38)49-30-36(32-19-9-4-10-20-32)42(47-49)34-23-13-6-14-24-34/h3-30H,1-2H3. The molecule has 0 amide bonds. The molecule has 236 valence electrons. The topological polar surface area (TPSA) is 61.4 Å². The first-order chi connectivity index (χ1) is 24.0. The highest BCUT2D eigenvalue weighted by molar-refractivity contribution is 5.81. The van der Waals surface area contributed by atoms with Crippen LogP contribution in [0.2, 0.25) is 0 Å². The summed E-state index contributed by atoms with van der Waals surface area (Å²) >= 11 is 0. The molecule has 4 aromatic heterocycles. The van der Waals surface area contributed by atoms with Gasteiger partial charge in [0, 0.05) is 40.1 Å². The highest BCUT2D eigenvalue weighted by Crippen LogP contribution is 2.35. The van der Waals surface area contributed by atoms with Crippen LogP contribution in [0.5, 0.6) is 0 Å². The van der Waals surface area contributed by atoms with Crippen LogP contribution < -0.4 is 0 Å². The van der Waals surface area contributed by atoms with E-state index in [1.165, 1.54) is 0 Å². The Balaban J connectivity index is 1.17. The van der Waals surface area contributed by atoms with Gasteiger partial charge >= 0.3 is 0 Å². The van der Waals surface area contributed by atoms with Gasteiger partial charge in [-0.1, -0.05) is 133 Å². The van der Waals surface area contributed by atoms with E-state index < -0.39 is 5.41 Å². The Morgan fingerprint density at radius 2 is 0.735 bits per heavy atom. The minimum Gasteiger partial charge on any atom is -0.233 e. The second kappa shape index (κ2) is 12.7. The zero-order chi connectivity index (χ0) is 33.2. The van der Waals surface area contributed by atoms with Gasteiger partial charge in [-0.3, -0.25) is 0 Å². The number of nitrogens with zero attached hydrogens (tertiary/aromatic N) is 6. The van der Waals surface area contributed by atoms with E-state index >= 15 is 0 Å². The van der Waals surface area contributed by atoms with E-state index in [1.807, 2.05) is 82.2 Å². The number of benzene rings is 4. The van der Waals surface area contributed by atoms with Crippen LogP contribution in [-0.2, 0) is 5.41 Å². The molecule has 0 saturated carbocycles. The van der Waals surface area contributed by atoms with Crippen LogP contribution >= 0.6 is 0 Å². The smallest absolute Gasteiger partial charge is 0.153 e. The number of rotatable bonds is 8. The quantitative estimate of drug-likeness (QED) is 0.167. The number of aromatic nitrogens is 6. The Bertz CT molecular complexity index is 2060. The lowest BCUT2D eigenvalue weighted by molar-refractivity contribution is 0.588. The van der Waals surface area contributed by atoms with E-state index in [1.54, 1.807) is 0 Å². The molecule has 8 aromatic rings. The summed E-state index contributed by atoms with van der Waals surface area (Å²) in [5, 5.41) is 10.1. The molecule has 49 heavy (non-hydrogen) atoms. The van der Waals surface area contributed by atoms with Gasteiger partial charge in [-0.15, -0.1) is 0 Å². The van der Waals surface area contributed by atoms with Gasteiger partial charge in [-0.25, -0.2) is 19.3 Å². The Morgan fingerprint density at radius 1 is 0.388 bits per heavy atom. The van der Waals surface area contributed by atoms with Crippen LogP contribution in [-0.4, -0.2) is 29.5 Å². The molecule has 4 aromatic carbocycles. The molecule has 6 heteroatoms. The predicted octanol–water partition coefficient (Wildman–Crippen LogP) is 9.84. The first kappa shape index (κ1) is 30.0. The molecule has 0 unspecified atom stereocenters. The first-order valence-electron chi connectivity index (χ1n) is 16.4. The van der Waals surface area contributed by atoms with Gasteiger partial charge in [-0.05, 0) is 49.2 Å². The summed E-state index contributed by atoms with van der Waals surface area (Å²) in [6, 6.07) is 53.5. The fraction of sp³-hybridized carbons (Fsp3) is 0.0698. The molecule has 0 N–H and O–H groups in total. The third-order valence-electron chi connectivity index (χ3n) is 8.91. The van der Waals surface area contributed by atoms with Crippen LogP contribution in [0.4, 0.5) is 0 Å².